The fraction of sp³-hybridized carbons (Fsp3) is 0.250. The summed E-state index contributed by atoms with van der Waals surface area (Å²) >= 11 is 3.43. The minimum absolute atomic E-state index is 0.141. The number of anilines is 1. The monoisotopic (exact) mass is 347 g/mol. The van der Waals surface area contributed by atoms with Gasteiger partial charge in [-0.25, -0.2) is 0 Å². The molecule has 1 amide bonds. The van der Waals surface area contributed by atoms with Gasteiger partial charge >= 0.3 is 0 Å². The zero-order valence-electron chi connectivity index (χ0n) is 12.1. The highest BCUT2D eigenvalue weighted by molar-refractivity contribution is 9.10. The van der Waals surface area contributed by atoms with E-state index in [9.17, 15) is 4.79 Å². The Hall–Kier alpha value is -1.88. The standard InChI is InChI=1S/C16H18BrN3O/c1-3-18-16(21)15-10-14(8-9-19-15)20-11(2)12-4-6-13(17)7-5-12/h4-11H,3H2,1-2H3,(H,18,21)(H,19,20). The topological polar surface area (TPSA) is 54.0 Å². The fourth-order valence-corrected chi connectivity index (χ4v) is 2.24. The van der Waals surface area contributed by atoms with Crippen LogP contribution < -0.4 is 10.6 Å². The molecule has 1 aromatic heterocycles. The summed E-state index contributed by atoms with van der Waals surface area (Å²) < 4.78 is 1.06. The molecule has 0 fully saturated rings. The zero-order valence-corrected chi connectivity index (χ0v) is 13.6. The Kier molecular flexibility index (Phi) is 5.33. The maximum absolute atomic E-state index is 11.8. The number of rotatable bonds is 5. The van der Waals surface area contributed by atoms with Gasteiger partial charge in [0.15, 0.2) is 0 Å². The highest BCUT2D eigenvalue weighted by atomic mass is 79.9. The van der Waals surface area contributed by atoms with E-state index in [-0.39, 0.29) is 11.9 Å². The van der Waals surface area contributed by atoms with Crippen molar-refractivity contribution in [1.29, 1.82) is 0 Å². The summed E-state index contributed by atoms with van der Waals surface area (Å²) in [6, 6.07) is 11.9. The molecule has 1 aromatic carbocycles. The molecule has 0 radical (unpaired) electrons. The molecule has 21 heavy (non-hydrogen) atoms. The summed E-state index contributed by atoms with van der Waals surface area (Å²) in [4.78, 5) is 15.9. The summed E-state index contributed by atoms with van der Waals surface area (Å²) in [7, 11) is 0. The zero-order chi connectivity index (χ0) is 15.2. The van der Waals surface area contributed by atoms with E-state index >= 15 is 0 Å². The third-order valence-corrected chi connectivity index (χ3v) is 3.61. The van der Waals surface area contributed by atoms with E-state index in [4.69, 9.17) is 0 Å². The van der Waals surface area contributed by atoms with Gasteiger partial charge in [0, 0.05) is 28.9 Å². The van der Waals surface area contributed by atoms with Crippen molar-refractivity contribution < 1.29 is 4.79 Å². The molecule has 0 saturated heterocycles. The average Bonchev–Trinajstić information content (AvgIpc) is 2.48. The van der Waals surface area contributed by atoms with Crippen molar-refractivity contribution in [2.75, 3.05) is 11.9 Å². The predicted molar refractivity (Wildman–Crippen MR) is 88.4 cm³/mol. The van der Waals surface area contributed by atoms with Crippen LogP contribution in [0.5, 0.6) is 0 Å². The summed E-state index contributed by atoms with van der Waals surface area (Å²) in [5.74, 6) is -0.155. The van der Waals surface area contributed by atoms with E-state index in [1.807, 2.05) is 25.1 Å². The molecule has 2 rings (SSSR count). The van der Waals surface area contributed by atoms with Crippen LogP contribution in [-0.2, 0) is 0 Å². The van der Waals surface area contributed by atoms with Gasteiger partial charge < -0.3 is 10.6 Å². The quantitative estimate of drug-likeness (QED) is 0.865. The second kappa shape index (κ2) is 7.22. The molecule has 0 aliphatic rings. The first kappa shape index (κ1) is 15.5. The Morgan fingerprint density at radius 2 is 2.00 bits per heavy atom. The van der Waals surface area contributed by atoms with Crippen molar-refractivity contribution in [2.24, 2.45) is 0 Å². The Bertz CT molecular complexity index is 613. The van der Waals surface area contributed by atoms with Gasteiger partial charge in [0.2, 0.25) is 0 Å². The summed E-state index contributed by atoms with van der Waals surface area (Å²) in [5, 5.41) is 6.13. The predicted octanol–water partition coefficient (Wildman–Crippen LogP) is 3.77. The van der Waals surface area contributed by atoms with Gasteiger partial charge in [-0.2, -0.15) is 0 Å². The largest absolute Gasteiger partial charge is 0.378 e. The molecule has 4 nitrogen and oxygen atoms in total. The number of nitrogens with zero attached hydrogens (tertiary/aromatic N) is 1. The van der Waals surface area contributed by atoms with Gasteiger partial charge in [0.25, 0.3) is 5.91 Å². The second-order valence-corrected chi connectivity index (χ2v) is 5.62. The number of hydrogen-bond donors (Lipinski definition) is 2. The van der Waals surface area contributed by atoms with Crippen molar-refractivity contribution in [1.82, 2.24) is 10.3 Å². The minimum atomic E-state index is -0.155. The first-order chi connectivity index (χ1) is 10.1. The summed E-state index contributed by atoms with van der Waals surface area (Å²) in [6.45, 7) is 4.55. The lowest BCUT2D eigenvalue weighted by molar-refractivity contribution is 0.0951. The molecule has 0 bridgehead atoms. The Morgan fingerprint density at radius 3 is 2.67 bits per heavy atom. The highest BCUT2D eigenvalue weighted by Gasteiger charge is 2.09. The molecule has 1 heterocycles. The number of amides is 1. The maximum atomic E-state index is 11.8. The molecule has 0 saturated carbocycles. The number of nitrogens with one attached hydrogen (secondary N) is 2. The molecule has 1 atom stereocenters. The van der Waals surface area contributed by atoms with Crippen molar-refractivity contribution in [2.45, 2.75) is 19.9 Å². The Balaban J connectivity index is 2.10. The number of pyridine rings is 1. The second-order valence-electron chi connectivity index (χ2n) is 4.71. The molecule has 1 unspecified atom stereocenters. The number of hydrogen-bond acceptors (Lipinski definition) is 3. The van der Waals surface area contributed by atoms with Gasteiger partial charge in [0.1, 0.15) is 5.69 Å². The highest BCUT2D eigenvalue weighted by Crippen LogP contribution is 2.21. The third kappa shape index (κ3) is 4.29. The van der Waals surface area contributed by atoms with Crippen LogP contribution in [0.25, 0.3) is 0 Å². The van der Waals surface area contributed by atoms with Crippen LogP contribution in [0.1, 0.15) is 35.9 Å². The normalized spacial score (nSPS) is 11.8. The van der Waals surface area contributed by atoms with Gasteiger partial charge in [0.05, 0.1) is 0 Å². The first-order valence-corrected chi connectivity index (χ1v) is 7.65. The molecule has 0 aliphatic carbocycles. The summed E-state index contributed by atoms with van der Waals surface area (Å²) in [6.07, 6.45) is 1.64. The van der Waals surface area contributed by atoms with E-state index in [0.717, 1.165) is 10.2 Å². The third-order valence-electron chi connectivity index (χ3n) is 3.08. The number of benzene rings is 1. The Morgan fingerprint density at radius 1 is 1.29 bits per heavy atom. The number of aromatic nitrogens is 1. The molecule has 0 aliphatic heterocycles. The van der Waals surface area contributed by atoms with Gasteiger partial charge in [-0.15, -0.1) is 0 Å². The van der Waals surface area contributed by atoms with E-state index in [0.29, 0.717) is 12.2 Å². The van der Waals surface area contributed by atoms with Crippen LogP contribution in [0.4, 0.5) is 5.69 Å². The lowest BCUT2D eigenvalue weighted by Gasteiger charge is -2.16. The van der Waals surface area contributed by atoms with Crippen molar-refractivity contribution in [3.05, 3.63) is 58.3 Å². The lowest BCUT2D eigenvalue weighted by atomic mass is 10.1. The van der Waals surface area contributed by atoms with Crippen LogP contribution in [0.15, 0.2) is 47.1 Å². The van der Waals surface area contributed by atoms with Crippen LogP contribution in [0.2, 0.25) is 0 Å². The van der Waals surface area contributed by atoms with Crippen LogP contribution in [0.3, 0.4) is 0 Å². The fourth-order valence-electron chi connectivity index (χ4n) is 1.98. The SMILES string of the molecule is CCNC(=O)c1cc(NC(C)c2ccc(Br)cc2)ccn1. The average molecular weight is 348 g/mol. The number of carbonyl (C=O) groups is 1. The molecule has 5 heteroatoms. The van der Waals surface area contributed by atoms with Crippen molar-refractivity contribution in [3.63, 3.8) is 0 Å². The molecule has 110 valence electrons. The Labute approximate surface area is 133 Å². The smallest absolute Gasteiger partial charge is 0.269 e. The van der Waals surface area contributed by atoms with Gasteiger partial charge in [-0.1, -0.05) is 28.1 Å². The van der Waals surface area contributed by atoms with Crippen molar-refractivity contribution in [3.8, 4) is 0 Å². The van der Waals surface area contributed by atoms with E-state index in [1.165, 1.54) is 5.56 Å². The van der Waals surface area contributed by atoms with Gasteiger partial charge in [-0.3, -0.25) is 9.78 Å². The van der Waals surface area contributed by atoms with Gasteiger partial charge in [-0.05, 0) is 43.7 Å². The van der Waals surface area contributed by atoms with Crippen LogP contribution in [0, 0.1) is 0 Å². The minimum Gasteiger partial charge on any atom is -0.378 e. The van der Waals surface area contributed by atoms with E-state index in [2.05, 4.69) is 50.6 Å². The van der Waals surface area contributed by atoms with Crippen LogP contribution >= 0.6 is 15.9 Å². The maximum Gasteiger partial charge on any atom is 0.269 e. The molecule has 2 N–H and O–H groups in total. The van der Waals surface area contributed by atoms with Crippen molar-refractivity contribution >= 4 is 27.5 Å². The molecular weight excluding hydrogens is 330 g/mol. The lowest BCUT2D eigenvalue weighted by Crippen LogP contribution is -2.23. The number of carbonyl (C=O) groups excluding carboxylic acids is 1. The molecule has 0 spiro atoms. The molecule has 2 aromatic rings. The van der Waals surface area contributed by atoms with E-state index in [1.54, 1.807) is 12.3 Å². The first-order valence-electron chi connectivity index (χ1n) is 6.86. The van der Waals surface area contributed by atoms with E-state index < -0.39 is 0 Å². The van der Waals surface area contributed by atoms with Crippen LogP contribution in [-0.4, -0.2) is 17.4 Å². The molecular formula is C16H18BrN3O. The number of halogens is 1. The summed E-state index contributed by atoms with van der Waals surface area (Å²) in [5.41, 5.74) is 2.47.